The topological polar surface area (TPSA) is 29.3 Å². The van der Waals surface area contributed by atoms with E-state index in [9.17, 15) is 0 Å². The third-order valence-electron chi connectivity index (χ3n) is 2.59. The van der Waals surface area contributed by atoms with Crippen molar-refractivity contribution in [3.8, 4) is 0 Å². The first-order valence-electron chi connectivity index (χ1n) is 5.32. The fraction of sp³-hybridized carbons (Fsp3) is 0.231. The minimum atomic E-state index is 0.606. The van der Waals surface area contributed by atoms with Crippen molar-refractivity contribution in [2.45, 2.75) is 13.1 Å². The maximum atomic E-state index is 5.57. The molecule has 0 aliphatic heterocycles. The van der Waals surface area contributed by atoms with Crippen LogP contribution in [-0.4, -0.2) is 7.05 Å². The molecule has 0 saturated carbocycles. The average Bonchev–Trinajstić information content (AvgIpc) is 2.82. The van der Waals surface area contributed by atoms with Crippen LogP contribution in [0.25, 0.3) is 0 Å². The molecule has 2 aromatic rings. The molecule has 1 aromatic carbocycles. The first-order chi connectivity index (χ1) is 7.79. The van der Waals surface area contributed by atoms with Gasteiger partial charge in [0.1, 0.15) is 0 Å². The number of thiophene rings is 1. The minimum Gasteiger partial charge on any atom is -0.369 e. The zero-order chi connectivity index (χ0) is 11.4. The molecule has 1 heterocycles. The molecule has 0 aliphatic carbocycles. The lowest BCUT2D eigenvalue weighted by atomic mass is 10.2. The van der Waals surface area contributed by atoms with Gasteiger partial charge in [-0.15, -0.1) is 11.3 Å². The van der Waals surface area contributed by atoms with Crippen LogP contribution in [0.4, 0.5) is 5.69 Å². The van der Waals surface area contributed by atoms with E-state index in [1.807, 2.05) is 0 Å². The summed E-state index contributed by atoms with van der Waals surface area (Å²) in [5.41, 5.74) is 7.98. The Hall–Kier alpha value is -1.32. The van der Waals surface area contributed by atoms with Crippen molar-refractivity contribution in [1.82, 2.24) is 0 Å². The molecule has 3 heteroatoms. The van der Waals surface area contributed by atoms with Crippen LogP contribution in [0.3, 0.4) is 0 Å². The quantitative estimate of drug-likeness (QED) is 0.878. The molecule has 0 aliphatic rings. The fourth-order valence-corrected chi connectivity index (χ4v) is 2.37. The predicted octanol–water partition coefficient (Wildman–Crippen LogP) is 2.84. The Labute approximate surface area is 100 Å². The molecule has 2 N–H and O–H groups in total. The molecule has 2 nitrogen and oxygen atoms in total. The molecule has 1 aromatic heterocycles. The molecule has 0 unspecified atom stereocenters. The monoisotopic (exact) mass is 232 g/mol. The van der Waals surface area contributed by atoms with Crippen molar-refractivity contribution in [1.29, 1.82) is 0 Å². The van der Waals surface area contributed by atoms with Gasteiger partial charge in [-0.25, -0.2) is 0 Å². The minimum absolute atomic E-state index is 0.606. The van der Waals surface area contributed by atoms with Crippen molar-refractivity contribution >= 4 is 17.0 Å². The van der Waals surface area contributed by atoms with Crippen LogP contribution in [0.1, 0.15) is 10.4 Å². The lowest BCUT2D eigenvalue weighted by molar-refractivity contribution is 0.938. The van der Waals surface area contributed by atoms with E-state index in [2.05, 4.69) is 53.7 Å². The van der Waals surface area contributed by atoms with Gasteiger partial charge >= 0.3 is 0 Å². The summed E-state index contributed by atoms with van der Waals surface area (Å²) in [5.74, 6) is 0. The molecule has 0 amide bonds. The highest BCUT2D eigenvalue weighted by atomic mass is 32.1. The molecule has 0 atom stereocenters. The number of hydrogen-bond donors (Lipinski definition) is 1. The molecule has 0 bridgehead atoms. The molecule has 0 saturated heterocycles. The van der Waals surface area contributed by atoms with Gasteiger partial charge in [0.05, 0.1) is 6.54 Å². The first kappa shape index (κ1) is 11.2. The molecule has 2 rings (SSSR count). The van der Waals surface area contributed by atoms with Crippen LogP contribution < -0.4 is 10.6 Å². The highest BCUT2D eigenvalue weighted by Gasteiger charge is 2.02. The van der Waals surface area contributed by atoms with Gasteiger partial charge in [-0.1, -0.05) is 18.2 Å². The number of anilines is 1. The standard InChI is InChI=1S/C13H16N2S/c1-15(10-13-3-2-8-16-13)12-6-4-11(9-14)5-7-12/h2-8H,9-10,14H2,1H3. The van der Waals surface area contributed by atoms with Crippen molar-refractivity contribution < 1.29 is 0 Å². The normalized spacial score (nSPS) is 10.4. The van der Waals surface area contributed by atoms with Crippen LogP contribution in [0.2, 0.25) is 0 Å². The lowest BCUT2D eigenvalue weighted by Crippen LogP contribution is -2.15. The summed E-state index contributed by atoms with van der Waals surface area (Å²) in [6, 6.07) is 12.7. The summed E-state index contributed by atoms with van der Waals surface area (Å²) in [7, 11) is 2.11. The summed E-state index contributed by atoms with van der Waals surface area (Å²) in [4.78, 5) is 3.62. The molecular weight excluding hydrogens is 216 g/mol. The van der Waals surface area contributed by atoms with E-state index in [0.29, 0.717) is 6.54 Å². The molecule has 0 spiro atoms. The predicted molar refractivity (Wildman–Crippen MR) is 70.8 cm³/mol. The Morgan fingerprint density at radius 2 is 1.94 bits per heavy atom. The maximum Gasteiger partial charge on any atom is 0.0519 e. The summed E-state index contributed by atoms with van der Waals surface area (Å²) in [6.45, 7) is 1.56. The van der Waals surface area contributed by atoms with Crippen molar-refractivity contribution in [3.63, 3.8) is 0 Å². The molecule has 0 fully saturated rings. The Bertz CT molecular complexity index is 420. The van der Waals surface area contributed by atoms with Crippen LogP contribution >= 0.6 is 11.3 Å². The van der Waals surface area contributed by atoms with Crippen LogP contribution in [0, 0.1) is 0 Å². The zero-order valence-corrected chi connectivity index (χ0v) is 10.2. The Morgan fingerprint density at radius 1 is 1.19 bits per heavy atom. The van der Waals surface area contributed by atoms with E-state index in [1.165, 1.54) is 16.1 Å². The Morgan fingerprint density at radius 3 is 2.50 bits per heavy atom. The molecule has 84 valence electrons. The molecular formula is C13H16N2S. The van der Waals surface area contributed by atoms with Crippen LogP contribution in [0.5, 0.6) is 0 Å². The smallest absolute Gasteiger partial charge is 0.0519 e. The fourth-order valence-electron chi connectivity index (χ4n) is 1.61. The summed E-state index contributed by atoms with van der Waals surface area (Å²) in [5, 5.41) is 2.11. The third kappa shape index (κ3) is 2.62. The lowest BCUT2D eigenvalue weighted by Gasteiger charge is -2.18. The summed E-state index contributed by atoms with van der Waals surface area (Å²) >= 11 is 1.79. The van der Waals surface area contributed by atoms with Gasteiger partial charge in [0.25, 0.3) is 0 Å². The van der Waals surface area contributed by atoms with Gasteiger partial charge in [-0.3, -0.25) is 0 Å². The highest BCUT2D eigenvalue weighted by Crippen LogP contribution is 2.18. The third-order valence-corrected chi connectivity index (χ3v) is 3.45. The average molecular weight is 232 g/mol. The van der Waals surface area contributed by atoms with E-state index in [-0.39, 0.29) is 0 Å². The number of nitrogens with two attached hydrogens (primary N) is 1. The highest BCUT2D eigenvalue weighted by molar-refractivity contribution is 7.09. The second-order valence-electron chi connectivity index (χ2n) is 3.81. The number of rotatable bonds is 4. The largest absolute Gasteiger partial charge is 0.369 e. The zero-order valence-electron chi connectivity index (χ0n) is 9.39. The van der Waals surface area contributed by atoms with Gasteiger partial charge in [-0.2, -0.15) is 0 Å². The van der Waals surface area contributed by atoms with E-state index >= 15 is 0 Å². The van der Waals surface area contributed by atoms with E-state index < -0.39 is 0 Å². The van der Waals surface area contributed by atoms with Gasteiger partial charge in [0.15, 0.2) is 0 Å². The van der Waals surface area contributed by atoms with E-state index in [4.69, 9.17) is 5.73 Å². The van der Waals surface area contributed by atoms with Gasteiger partial charge in [0, 0.05) is 24.2 Å². The summed E-state index contributed by atoms with van der Waals surface area (Å²) in [6.07, 6.45) is 0. The summed E-state index contributed by atoms with van der Waals surface area (Å²) < 4.78 is 0. The van der Waals surface area contributed by atoms with Crippen LogP contribution in [0.15, 0.2) is 41.8 Å². The maximum absolute atomic E-state index is 5.57. The van der Waals surface area contributed by atoms with Gasteiger partial charge in [0.2, 0.25) is 0 Å². The number of nitrogens with zero attached hydrogens (tertiary/aromatic N) is 1. The van der Waals surface area contributed by atoms with Gasteiger partial charge < -0.3 is 10.6 Å². The number of hydrogen-bond acceptors (Lipinski definition) is 3. The van der Waals surface area contributed by atoms with E-state index in [1.54, 1.807) is 11.3 Å². The van der Waals surface area contributed by atoms with E-state index in [0.717, 1.165) is 6.54 Å². The van der Waals surface area contributed by atoms with Crippen molar-refractivity contribution in [2.24, 2.45) is 5.73 Å². The second-order valence-corrected chi connectivity index (χ2v) is 4.84. The van der Waals surface area contributed by atoms with Crippen molar-refractivity contribution in [3.05, 3.63) is 52.2 Å². The van der Waals surface area contributed by atoms with Crippen molar-refractivity contribution in [2.75, 3.05) is 11.9 Å². The SMILES string of the molecule is CN(Cc1cccs1)c1ccc(CN)cc1. The molecule has 0 radical (unpaired) electrons. The molecule has 16 heavy (non-hydrogen) atoms. The second kappa shape index (κ2) is 5.14. The Balaban J connectivity index is 2.05. The van der Waals surface area contributed by atoms with Crippen LogP contribution in [-0.2, 0) is 13.1 Å². The number of benzene rings is 1. The van der Waals surface area contributed by atoms with Gasteiger partial charge in [-0.05, 0) is 29.1 Å². The first-order valence-corrected chi connectivity index (χ1v) is 6.20. The Kier molecular flexibility index (Phi) is 3.59.